The Labute approximate surface area is 175 Å². The Morgan fingerprint density at radius 3 is 2.07 bits per heavy atom. The summed E-state index contributed by atoms with van der Waals surface area (Å²) in [5.41, 5.74) is 2.03. The van der Waals surface area contributed by atoms with E-state index in [4.69, 9.17) is 9.47 Å². The summed E-state index contributed by atoms with van der Waals surface area (Å²) in [5.74, 6) is 1.54. The van der Waals surface area contributed by atoms with Crippen molar-refractivity contribution in [2.75, 3.05) is 18.5 Å². The van der Waals surface area contributed by atoms with Crippen molar-refractivity contribution in [3.8, 4) is 17.2 Å². The summed E-state index contributed by atoms with van der Waals surface area (Å²) in [6.45, 7) is 4.29. The number of hydrogen-bond donors (Lipinski definition) is 2. The van der Waals surface area contributed by atoms with E-state index in [-0.39, 0.29) is 18.4 Å². The molecule has 0 aromatic heterocycles. The van der Waals surface area contributed by atoms with Gasteiger partial charge in [-0.1, -0.05) is 18.2 Å². The third-order valence-corrected chi connectivity index (χ3v) is 4.31. The second-order valence-corrected chi connectivity index (χ2v) is 6.58. The van der Waals surface area contributed by atoms with E-state index in [1.807, 2.05) is 50.2 Å². The molecule has 30 heavy (non-hydrogen) atoms. The molecule has 0 heterocycles. The van der Waals surface area contributed by atoms with Crippen LogP contribution in [0.1, 0.15) is 22.8 Å². The van der Waals surface area contributed by atoms with Crippen LogP contribution < -0.4 is 20.1 Å². The summed E-state index contributed by atoms with van der Waals surface area (Å²) in [7, 11) is 0. The highest BCUT2D eigenvalue weighted by atomic mass is 16.5. The summed E-state index contributed by atoms with van der Waals surface area (Å²) < 4.78 is 11.2. The zero-order valence-corrected chi connectivity index (χ0v) is 17.0. The molecule has 0 aliphatic carbocycles. The van der Waals surface area contributed by atoms with Gasteiger partial charge in [0.25, 0.3) is 5.91 Å². The number of ether oxygens (including phenoxy) is 2. The Kier molecular flexibility index (Phi) is 7.05. The SMILES string of the molecule is CCOc1ccc(Oc2ccc(NC(=O)CNC(=O)c3ccccc3C)cc2)cc1. The average molecular weight is 404 g/mol. The lowest BCUT2D eigenvalue weighted by molar-refractivity contribution is -0.115. The Morgan fingerprint density at radius 1 is 0.833 bits per heavy atom. The fraction of sp³-hybridized carbons (Fsp3) is 0.167. The van der Waals surface area contributed by atoms with Gasteiger partial charge in [0.15, 0.2) is 0 Å². The van der Waals surface area contributed by atoms with Gasteiger partial charge in [0, 0.05) is 11.3 Å². The van der Waals surface area contributed by atoms with Crippen LogP contribution in [0.3, 0.4) is 0 Å². The monoisotopic (exact) mass is 404 g/mol. The molecular weight excluding hydrogens is 380 g/mol. The van der Waals surface area contributed by atoms with E-state index in [9.17, 15) is 9.59 Å². The lowest BCUT2D eigenvalue weighted by atomic mass is 10.1. The minimum Gasteiger partial charge on any atom is -0.494 e. The molecule has 3 rings (SSSR count). The molecule has 2 amide bonds. The third-order valence-electron chi connectivity index (χ3n) is 4.31. The van der Waals surface area contributed by atoms with E-state index in [1.165, 1.54) is 0 Å². The van der Waals surface area contributed by atoms with Crippen molar-refractivity contribution in [1.29, 1.82) is 0 Å². The maximum atomic E-state index is 12.2. The second kappa shape index (κ2) is 10.1. The van der Waals surface area contributed by atoms with Crippen LogP contribution in [-0.4, -0.2) is 25.0 Å². The molecule has 0 unspecified atom stereocenters. The summed E-state index contributed by atoms with van der Waals surface area (Å²) in [5, 5.41) is 5.38. The highest BCUT2D eigenvalue weighted by Crippen LogP contribution is 2.25. The van der Waals surface area contributed by atoms with E-state index in [1.54, 1.807) is 36.4 Å². The first-order valence-corrected chi connectivity index (χ1v) is 9.69. The van der Waals surface area contributed by atoms with Gasteiger partial charge < -0.3 is 20.1 Å². The van der Waals surface area contributed by atoms with E-state index >= 15 is 0 Å². The molecule has 0 saturated carbocycles. The quantitative estimate of drug-likeness (QED) is 0.577. The summed E-state index contributed by atoms with van der Waals surface area (Å²) in [6, 6.07) is 21.6. The van der Waals surface area contributed by atoms with Crippen molar-refractivity contribution in [3.63, 3.8) is 0 Å². The number of carbonyl (C=O) groups is 2. The normalized spacial score (nSPS) is 10.2. The Bertz CT molecular complexity index is 998. The maximum absolute atomic E-state index is 12.2. The first kappa shape index (κ1) is 20.9. The van der Waals surface area contributed by atoms with Gasteiger partial charge in [-0.2, -0.15) is 0 Å². The van der Waals surface area contributed by atoms with Crippen molar-refractivity contribution >= 4 is 17.5 Å². The minimum atomic E-state index is -0.308. The van der Waals surface area contributed by atoms with Crippen LogP contribution in [0.5, 0.6) is 17.2 Å². The van der Waals surface area contributed by atoms with Crippen LogP contribution in [0.2, 0.25) is 0 Å². The lowest BCUT2D eigenvalue weighted by Gasteiger charge is -2.10. The molecule has 0 aliphatic heterocycles. The predicted octanol–water partition coefficient (Wildman–Crippen LogP) is 4.55. The first-order valence-electron chi connectivity index (χ1n) is 9.69. The van der Waals surface area contributed by atoms with Crippen LogP contribution in [-0.2, 0) is 4.79 Å². The highest BCUT2D eigenvalue weighted by Gasteiger charge is 2.10. The topological polar surface area (TPSA) is 76.7 Å². The van der Waals surface area contributed by atoms with Gasteiger partial charge in [-0.05, 0) is 74.0 Å². The predicted molar refractivity (Wildman–Crippen MR) is 116 cm³/mol. The Balaban J connectivity index is 1.49. The molecule has 6 nitrogen and oxygen atoms in total. The average Bonchev–Trinajstić information content (AvgIpc) is 2.75. The van der Waals surface area contributed by atoms with Crippen LogP contribution in [0, 0.1) is 6.92 Å². The maximum Gasteiger partial charge on any atom is 0.251 e. The summed E-state index contributed by atoms with van der Waals surface area (Å²) in [6.07, 6.45) is 0. The minimum absolute atomic E-state index is 0.113. The first-order chi connectivity index (χ1) is 14.5. The van der Waals surface area contributed by atoms with Gasteiger partial charge in [0.1, 0.15) is 17.2 Å². The van der Waals surface area contributed by atoms with Crippen molar-refractivity contribution < 1.29 is 19.1 Å². The van der Waals surface area contributed by atoms with Gasteiger partial charge in [0.05, 0.1) is 13.2 Å². The smallest absolute Gasteiger partial charge is 0.251 e. The van der Waals surface area contributed by atoms with Crippen LogP contribution >= 0.6 is 0 Å². The van der Waals surface area contributed by atoms with Crippen molar-refractivity contribution in [3.05, 3.63) is 83.9 Å². The van der Waals surface area contributed by atoms with Gasteiger partial charge in [-0.15, -0.1) is 0 Å². The Morgan fingerprint density at radius 2 is 1.43 bits per heavy atom. The van der Waals surface area contributed by atoms with E-state index in [0.29, 0.717) is 29.4 Å². The molecule has 6 heteroatoms. The second-order valence-electron chi connectivity index (χ2n) is 6.58. The molecule has 154 valence electrons. The van der Waals surface area contributed by atoms with Crippen LogP contribution in [0.25, 0.3) is 0 Å². The molecule has 0 saturated heterocycles. The van der Waals surface area contributed by atoms with E-state index in [0.717, 1.165) is 11.3 Å². The number of rotatable bonds is 8. The zero-order chi connectivity index (χ0) is 21.3. The molecular formula is C24H24N2O4. The molecule has 3 aromatic carbocycles. The molecule has 0 aliphatic rings. The van der Waals surface area contributed by atoms with Crippen molar-refractivity contribution in [2.24, 2.45) is 0 Å². The number of nitrogens with one attached hydrogen (secondary N) is 2. The molecule has 0 fully saturated rings. The van der Waals surface area contributed by atoms with Gasteiger partial charge in [0.2, 0.25) is 5.91 Å². The zero-order valence-electron chi connectivity index (χ0n) is 17.0. The standard InChI is InChI=1S/C24H24N2O4/c1-3-29-19-12-14-21(15-13-19)30-20-10-8-18(9-11-20)26-23(27)16-25-24(28)22-7-5-4-6-17(22)2/h4-15H,3,16H2,1-2H3,(H,25,28)(H,26,27). The third kappa shape index (κ3) is 5.85. The molecule has 0 atom stereocenters. The molecule has 2 N–H and O–H groups in total. The molecule has 0 bridgehead atoms. The highest BCUT2D eigenvalue weighted by molar-refractivity contribution is 6.00. The van der Waals surface area contributed by atoms with Crippen LogP contribution in [0.15, 0.2) is 72.8 Å². The summed E-state index contributed by atoms with van der Waals surface area (Å²) >= 11 is 0. The molecule has 3 aromatic rings. The van der Waals surface area contributed by atoms with Crippen molar-refractivity contribution in [1.82, 2.24) is 5.32 Å². The fourth-order valence-electron chi connectivity index (χ4n) is 2.80. The van der Waals surface area contributed by atoms with Crippen LogP contribution in [0.4, 0.5) is 5.69 Å². The Hall–Kier alpha value is -3.80. The molecule has 0 radical (unpaired) electrons. The summed E-state index contributed by atoms with van der Waals surface area (Å²) in [4.78, 5) is 24.3. The van der Waals surface area contributed by atoms with E-state index < -0.39 is 0 Å². The lowest BCUT2D eigenvalue weighted by Crippen LogP contribution is -2.33. The number of benzene rings is 3. The number of carbonyl (C=O) groups excluding carboxylic acids is 2. The van der Waals surface area contributed by atoms with Crippen molar-refractivity contribution in [2.45, 2.75) is 13.8 Å². The number of aryl methyl sites for hydroxylation is 1. The largest absolute Gasteiger partial charge is 0.494 e. The number of amides is 2. The van der Waals surface area contributed by atoms with E-state index in [2.05, 4.69) is 10.6 Å². The number of anilines is 1. The van der Waals surface area contributed by atoms with Gasteiger partial charge in [-0.3, -0.25) is 9.59 Å². The fourth-order valence-corrected chi connectivity index (χ4v) is 2.80. The molecule has 0 spiro atoms. The van der Waals surface area contributed by atoms with Gasteiger partial charge >= 0.3 is 0 Å². The van der Waals surface area contributed by atoms with Gasteiger partial charge in [-0.25, -0.2) is 0 Å². The number of hydrogen-bond acceptors (Lipinski definition) is 4.